The Hall–Kier alpha value is -1.55. The van der Waals surface area contributed by atoms with Crippen LogP contribution in [0, 0.1) is 0 Å². The second kappa shape index (κ2) is 3.24. The van der Waals surface area contributed by atoms with Gasteiger partial charge in [-0.15, -0.1) is 0 Å². The van der Waals surface area contributed by atoms with Crippen molar-refractivity contribution in [1.29, 1.82) is 0 Å². The standard InChI is InChI=1S/C11H13N3O/c1-14-7-8(6-13-14)11-9-3-5-15-10(9)2-4-12-11/h3,5-7,11-12H,2,4H2,1H3. The predicted molar refractivity (Wildman–Crippen MR) is 55.5 cm³/mol. The second-order valence-electron chi connectivity index (χ2n) is 3.88. The average Bonchev–Trinajstić information content (AvgIpc) is 2.84. The summed E-state index contributed by atoms with van der Waals surface area (Å²) in [5.41, 5.74) is 2.44. The van der Waals surface area contributed by atoms with Crippen molar-refractivity contribution in [1.82, 2.24) is 15.1 Å². The van der Waals surface area contributed by atoms with E-state index in [1.54, 1.807) is 6.26 Å². The molecular formula is C11H13N3O. The molecular weight excluding hydrogens is 190 g/mol. The zero-order valence-corrected chi connectivity index (χ0v) is 8.60. The van der Waals surface area contributed by atoms with Crippen LogP contribution in [-0.4, -0.2) is 16.3 Å². The van der Waals surface area contributed by atoms with Crippen LogP contribution in [0.1, 0.15) is 22.9 Å². The third-order valence-corrected chi connectivity index (χ3v) is 2.85. The van der Waals surface area contributed by atoms with Gasteiger partial charge in [0.25, 0.3) is 0 Å². The SMILES string of the molecule is Cn1cc(C2NCCc3occc32)cn1. The molecule has 0 radical (unpaired) electrons. The highest BCUT2D eigenvalue weighted by Crippen LogP contribution is 2.28. The molecule has 0 saturated carbocycles. The molecule has 0 saturated heterocycles. The molecule has 78 valence electrons. The van der Waals surface area contributed by atoms with Crippen LogP contribution in [-0.2, 0) is 13.5 Å². The molecule has 0 fully saturated rings. The Balaban J connectivity index is 2.02. The summed E-state index contributed by atoms with van der Waals surface area (Å²) in [5.74, 6) is 1.10. The highest BCUT2D eigenvalue weighted by molar-refractivity contribution is 5.33. The molecule has 0 aliphatic carbocycles. The Morgan fingerprint density at radius 3 is 3.33 bits per heavy atom. The number of furan rings is 1. The lowest BCUT2D eigenvalue weighted by atomic mass is 9.97. The predicted octanol–water partition coefficient (Wildman–Crippen LogP) is 1.25. The molecule has 3 heterocycles. The van der Waals surface area contributed by atoms with Crippen molar-refractivity contribution in [2.45, 2.75) is 12.5 Å². The number of hydrogen-bond acceptors (Lipinski definition) is 3. The molecule has 3 rings (SSSR count). The number of nitrogens with zero attached hydrogens (tertiary/aromatic N) is 2. The van der Waals surface area contributed by atoms with Gasteiger partial charge < -0.3 is 9.73 Å². The van der Waals surface area contributed by atoms with Crippen molar-refractivity contribution in [2.75, 3.05) is 6.54 Å². The van der Waals surface area contributed by atoms with Crippen molar-refractivity contribution in [3.8, 4) is 0 Å². The molecule has 2 aromatic heterocycles. The van der Waals surface area contributed by atoms with Gasteiger partial charge in [-0.25, -0.2) is 0 Å². The number of aryl methyl sites for hydroxylation is 1. The molecule has 0 amide bonds. The van der Waals surface area contributed by atoms with Crippen molar-refractivity contribution in [3.63, 3.8) is 0 Å². The summed E-state index contributed by atoms with van der Waals surface area (Å²) >= 11 is 0. The van der Waals surface area contributed by atoms with Gasteiger partial charge in [-0.05, 0) is 6.07 Å². The molecule has 1 atom stereocenters. The van der Waals surface area contributed by atoms with Gasteiger partial charge in [-0.3, -0.25) is 4.68 Å². The summed E-state index contributed by atoms with van der Waals surface area (Å²) in [5, 5.41) is 7.67. The highest BCUT2D eigenvalue weighted by Gasteiger charge is 2.24. The topological polar surface area (TPSA) is 43.0 Å². The fourth-order valence-electron chi connectivity index (χ4n) is 2.14. The van der Waals surface area contributed by atoms with Crippen LogP contribution in [0.15, 0.2) is 29.1 Å². The summed E-state index contributed by atoms with van der Waals surface area (Å²) in [7, 11) is 1.93. The quantitative estimate of drug-likeness (QED) is 0.758. The van der Waals surface area contributed by atoms with E-state index in [-0.39, 0.29) is 6.04 Å². The first-order valence-electron chi connectivity index (χ1n) is 5.13. The lowest BCUT2D eigenvalue weighted by molar-refractivity contribution is 0.456. The van der Waals surface area contributed by atoms with Crippen LogP contribution < -0.4 is 5.32 Å². The number of fused-ring (bicyclic) bond motifs is 1. The maximum atomic E-state index is 5.45. The molecule has 1 aliphatic rings. The Morgan fingerprint density at radius 2 is 2.53 bits per heavy atom. The minimum atomic E-state index is 0.237. The van der Waals surface area contributed by atoms with Gasteiger partial charge in [0.05, 0.1) is 18.5 Å². The fraction of sp³-hybridized carbons (Fsp3) is 0.364. The maximum Gasteiger partial charge on any atom is 0.110 e. The Kier molecular flexibility index (Phi) is 1.89. The molecule has 1 aliphatic heterocycles. The first-order chi connectivity index (χ1) is 7.34. The van der Waals surface area contributed by atoms with E-state index >= 15 is 0 Å². The minimum absolute atomic E-state index is 0.237. The number of hydrogen-bond donors (Lipinski definition) is 1. The van der Waals surface area contributed by atoms with Crippen LogP contribution in [0.25, 0.3) is 0 Å². The van der Waals surface area contributed by atoms with Crippen molar-refractivity contribution >= 4 is 0 Å². The third-order valence-electron chi connectivity index (χ3n) is 2.85. The first kappa shape index (κ1) is 8.73. The van der Waals surface area contributed by atoms with Crippen molar-refractivity contribution < 1.29 is 4.42 Å². The molecule has 1 unspecified atom stereocenters. The largest absolute Gasteiger partial charge is 0.469 e. The number of nitrogens with one attached hydrogen (secondary N) is 1. The van der Waals surface area contributed by atoms with Crippen LogP contribution in [0.4, 0.5) is 0 Å². The first-order valence-corrected chi connectivity index (χ1v) is 5.13. The molecule has 15 heavy (non-hydrogen) atoms. The summed E-state index contributed by atoms with van der Waals surface area (Å²) in [6, 6.07) is 2.28. The number of rotatable bonds is 1. The van der Waals surface area contributed by atoms with Crippen LogP contribution in [0.2, 0.25) is 0 Å². The van der Waals surface area contributed by atoms with E-state index in [0.29, 0.717) is 0 Å². The van der Waals surface area contributed by atoms with Gasteiger partial charge in [-0.2, -0.15) is 5.10 Å². The van der Waals surface area contributed by atoms with E-state index in [9.17, 15) is 0 Å². The second-order valence-corrected chi connectivity index (χ2v) is 3.88. The lowest BCUT2D eigenvalue weighted by Gasteiger charge is -2.22. The van der Waals surface area contributed by atoms with E-state index in [1.165, 1.54) is 11.1 Å². The van der Waals surface area contributed by atoms with Gasteiger partial charge in [0, 0.05) is 37.3 Å². The van der Waals surface area contributed by atoms with Crippen LogP contribution in [0.5, 0.6) is 0 Å². The van der Waals surface area contributed by atoms with Gasteiger partial charge in [-0.1, -0.05) is 0 Å². The lowest BCUT2D eigenvalue weighted by Crippen LogP contribution is -2.29. The van der Waals surface area contributed by atoms with Gasteiger partial charge in [0.2, 0.25) is 0 Å². The molecule has 0 spiro atoms. The summed E-state index contributed by atoms with van der Waals surface area (Å²) < 4.78 is 7.27. The molecule has 0 aromatic carbocycles. The normalized spacial score (nSPS) is 20.2. The van der Waals surface area contributed by atoms with E-state index in [2.05, 4.69) is 10.4 Å². The van der Waals surface area contributed by atoms with Crippen LogP contribution in [0.3, 0.4) is 0 Å². The van der Waals surface area contributed by atoms with Crippen LogP contribution >= 0.6 is 0 Å². The van der Waals surface area contributed by atoms with E-state index in [0.717, 1.165) is 18.7 Å². The van der Waals surface area contributed by atoms with E-state index < -0.39 is 0 Å². The van der Waals surface area contributed by atoms with Crippen molar-refractivity contribution in [3.05, 3.63) is 41.6 Å². The summed E-state index contributed by atoms with van der Waals surface area (Å²) in [6.45, 7) is 0.958. The summed E-state index contributed by atoms with van der Waals surface area (Å²) in [6.07, 6.45) is 6.68. The fourth-order valence-corrected chi connectivity index (χ4v) is 2.14. The number of aromatic nitrogens is 2. The van der Waals surface area contributed by atoms with Gasteiger partial charge >= 0.3 is 0 Å². The molecule has 1 N–H and O–H groups in total. The average molecular weight is 203 g/mol. The molecule has 4 heteroatoms. The third kappa shape index (κ3) is 1.37. The molecule has 2 aromatic rings. The minimum Gasteiger partial charge on any atom is -0.469 e. The Bertz CT molecular complexity index is 472. The van der Waals surface area contributed by atoms with Crippen molar-refractivity contribution in [2.24, 2.45) is 7.05 Å². The maximum absolute atomic E-state index is 5.45. The van der Waals surface area contributed by atoms with E-state index in [4.69, 9.17) is 4.42 Å². The highest BCUT2D eigenvalue weighted by atomic mass is 16.3. The molecule has 0 bridgehead atoms. The van der Waals surface area contributed by atoms with Gasteiger partial charge in [0.15, 0.2) is 0 Å². The van der Waals surface area contributed by atoms with Gasteiger partial charge in [0.1, 0.15) is 5.76 Å². The smallest absolute Gasteiger partial charge is 0.110 e. The Morgan fingerprint density at radius 1 is 1.60 bits per heavy atom. The zero-order valence-electron chi connectivity index (χ0n) is 8.60. The monoisotopic (exact) mass is 203 g/mol. The summed E-state index contributed by atoms with van der Waals surface area (Å²) in [4.78, 5) is 0. The Labute approximate surface area is 87.9 Å². The molecule has 4 nitrogen and oxygen atoms in total. The zero-order chi connectivity index (χ0) is 10.3. The van der Waals surface area contributed by atoms with E-state index in [1.807, 2.05) is 30.2 Å².